The van der Waals surface area contributed by atoms with Gasteiger partial charge in [-0.25, -0.2) is 8.42 Å². The van der Waals surface area contributed by atoms with Crippen LogP contribution in [0, 0.1) is 11.3 Å². The van der Waals surface area contributed by atoms with Gasteiger partial charge in [-0.1, -0.05) is 13.8 Å². The van der Waals surface area contributed by atoms with Gasteiger partial charge in [0.25, 0.3) is 0 Å². The fraction of sp³-hybridized carbons (Fsp3) is 0.917. The molecule has 1 unspecified atom stereocenters. The Morgan fingerprint density at radius 1 is 1.39 bits per heavy atom. The van der Waals surface area contributed by atoms with Crippen molar-refractivity contribution in [3.05, 3.63) is 0 Å². The van der Waals surface area contributed by atoms with E-state index >= 15 is 0 Å². The van der Waals surface area contributed by atoms with Crippen LogP contribution in [-0.4, -0.2) is 42.1 Å². The summed E-state index contributed by atoms with van der Waals surface area (Å²) in [6.07, 6.45) is 3.39. The zero-order valence-corrected chi connectivity index (χ0v) is 11.7. The van der Waals surface area contributed by atoms with Gasteiger partial charge in [0.2, 0.25) is 10.0 Å². The number of carboxylic acids is 1. The van der Waals surface area contributed by atoms with Crippen LogP contribution in [0.15, 0.2) is 0 Å². The monoisotopic (exact) mass is 275 g/mol. The Balaban J connectivity index is 2.25. The number of rotatable bonds is 4. The first-order chi connectivity index (χ1) is 8.24. The van der Waals surface area contributed by atoms with Crippen molar-refractivity contribution in [3.8, 4) is 0 Å². The molecule has 1 saturated heterocycles. The second kappa shape index (κ2) is 4.49. The molecule has 104 valence electrons. The maximum Gasteiger partial charge on any atom is 0.322 e. The summed E-state index contributed by atoms with van der Waals surface area (Å²) in [7, 11) is -3.43. The minimum Gasteiger partial charge on any atom is -0.480 e. The van der Waals surface area contributed by atoms with Gasteiger partial charge < -0.3 is 5.11 Å². The third-order valence-electron chi connectivity index (χ3n) is 3.96. The fourth-order valence-electron chi connectivity index (χ4n) is 2.78. The van der Waals surface area contributed by atoms with Gasteiger partial charge in [0.15, 0.2) is 0 Å². The number of aliphatic carboxylic acids is 1. The van der Waals surface area contributed by atoms with Gasteiger partial charge in [-0.3, -0.25) is 4.79 Å². The van der Waals surface area contributed by atoms with Crippen LogP contribution < -0.4 is 0 Å². The molecule has 0 bridgehead atoms. The van der Waals surface area contributed by atoms with Crippen molar-refractivity contribution in [2.75, 3.05) is 12.3 Å². The number of hydrogen-bond acceptors (Lipinski definition) is 3. The van der Waals surface area contributed by atoms with Gasteiger partial charge in [-0.15, -0.1) is 0 Å². The summed E-state index contributed by atoms with van der Waals surface area (Å²) in [6, 6.07) is -0.921. The van der Waals surface area contributed by atoms with Crippen LogP contribution in [0.2, 0.25) is 0 Å². The molecule has 0 aromatic rings. The van der Waals surface area contributed by atoms with E-state index in [4.69, 9.17) is 0 Å². The lowest BCUT2D eigenvalue weighted by molar-refractivity contribution is -0.147. The summed E-state index contributed by atoms with van der Waals surface area (Å²) in [5, 5.41) is 9.35. The van der Waals surface area contributed by atoms with Crippen LogP contribution in [0.1, 0.15) is 39.5 Å². The highest BCUT2D eigenvalue weighted by molar-refractivity contribution is 7.89. The van der Waals surface area contributed by atoms with Crippen molar-refractivity contribution in [2.24, 2.45) is 11.3 Å². The van der Waals surface area contributed by atoms with E-state index < -0.39 is 27.4 Å². The fourth-order valence-corrected chi connectivity index (χ4v) is 5.01. The predicted molar refractivity (Wildman–Crippen MR) is 67.7 cm³/mol. The molecule has 0 spiro atoms. The largest absolute Gasteiger partial charge is 0.480 e. The molecule has 1 aliphatic carbocycles. The normalized spacial score (nSPS) is 29.1. The third kappa shape index (κ3) is 2.69. The molecule has 1 aliphatic heterocycles. The molecule has 0 aromatic heterocycles. The second-order valence-electron chi connectivity index (χ2n) is 6.17. The number of nitrogens with zero attached hydrogens (tertiary/aromatic N) is 1. The van der Waals surface area contributed by atoms with Gasteiger partial charge in [-0.05, 0) is 37.0 Å². The van der Waals surface area contributed by atoms with Crippen molar-refractivity contribution in [3.63, 3.8) is 0 Å². The molecular weight excluding hydrogens is 254 g/mol. The van der Waals surface area contributed by atoms with Crippen molar-refractivity contribution in [1.29, 1.82) is 0 Å². The maximum absolute atomic E-state index is 12.3. The molecule has 5 nitrogen and oxygen atoms in total. The Kier molecular flexibility index (Phi) is 3.44. The maximum atomic E-state index is 12.3. The van der Waals surface area contributed by atoms with Crippen molar-refractivity contribution < 1.29 is 18.3 Å². The summed E-state index contributed by atoms with van der Waals surface area (Å²) in [5.41, 5.74) is -0.499. The Morgan fingerprint density at radius 3 is 2.50 bits per heavy atom. The number of hydrogen-bond donors (Lipinski definition) is 1. The zero-order chi connectivity index (χ0) is 13.6. The molecule has 2 fully saturated rings. The zero-order valence-electron chi connectivity index (χ0n) is 10.9. The van der Waals surface area contributed by atoms with Gasteiger partial charge >= 0.3 is 5.97 Å². The Labute approximate surface area is 108 Å². The number of sulfonamides is 1. The minimum absolute atomic E-state index is 0.118. The molecular formula is C12H21NO4S. The van der Waals surface area contributed by atoms with Crippen molar-refractivity contribution in [2.45, 2.75) is 45.6 Å². The van der Waals surface area contributed by atoms with Crippen LogP contribution in [0.5, 0.6) is 0 Å². The predicted octanol–water partition coefficient (Wildman–Crippen LogP) is 1.30. The summed E-state index contributed by atoms with van der Waals surface area (Å²) in [6.45, 7) is 4.02. The first-order valence-corrected chi connectivity index (χ1v) is 8.07. The van der Waals surface area contributed by atoms with Crippen molar-refractivity contribution in [1.82, 2.24) is 4.31 Å². The molecule has 1 saturated carbocycles. The Morgan fingerprint density at radius 2 is 2.00 bits per heavy atom. The van der Waals surface area contributed by atoms with Crippen LogP contribution >= 0.6 is 0 Å². The molecule has 0 aromatic carbocycles. The quantitative estimate of drug-likeness (QED) is 0.839. The molecule has 1 atom stereocenters. The second-order valence-corrected chi connectivity index (χ2v) is 8.13. The van der Waals surface area contributed by atoms with E-state index in [0.29, 0.717) is 6.54 Å². The van der Waals surface area contributed by atoms with Crippen LogP contribution in [0.3, 0.4) is 0 Å². The Bertz CT molecular complexity index is 439. The number of piperidine rings is 1. The minimum atomic E-state index is -3.43. The molecule has 1 heterocycles. The molecule has 2 aliphatic rings. The third-order valence-corrected chi connectivity index (χ3v) is 5.96. The summed E-state index contributed by atoms with van der Waals surface area (Å²) >= 11 is 0. The topological polar surface area (TPSA) is 74.7 Å². The Hall–Kier alpha value is -0.620. The highest BCUT2D eigenvalue weighted by atomic mass is 32.2. The highest BCUT2D eigenvalue weighted by Crippen LogP contribution is 2.39. The SMILES string of the molecule is CC1(C)CCCN(S(=O)(=O)CC2CC2)C1C(=O)O. The lowest BCUT2D eigenvalue weighted by Gasteiger charge is -2.43. The van der Waals surface area contributed by atoms with Gasteiger partial charge in [0.1, 0.15) is 6.04 Å². The van der Waals surface area contributed by atoms with Gasteiger partial charge in [0, 0.05) is 6.54 Å². The number of carbonyl (C=O) groups is 1. The summed E-state index contributed by atoms with van der Waals surface area (Å²) < 4.78 is 25.8. The summed E-state index contributed by atoms with van der Waals surface area (Å²) in [5.74, 6) is -0.666. The average molecular weight is 275 g/mol. The lowest BCUT2D eigenvalue weighted by atomic mass is 9.77. The number of carboxylic acid groups (broad SMARTS) is 1. The first kappa shape index (κ1) is 13.8. The van der Waals surface area contributed by atoms with E-state index in [2.05, 4.69) is 0 Å². The van der Waals surface area contributed by atoms with E-state index in [-0.39, 0.29) is 11.7 Å². The molecule has 0 radical (unpaired) electrons. The molecule has 6 heteroatoms. The van der Waals surface area contributed by atoms with E-state index in [9.17, 15) is 18.3 Å². The van der Waals surface area contributed by atoms with Crippen molar-refractivity contribution >= 4 is 16.0 Å². The van der Waals surface area contributed by atoms with E-state index in [1.165, 1.54) is 4.31 Å². The average Bonchev–Trinajstić information content (AvgIpc) is 2.98. The molecule has 2 rings (SSSR count). The van der Waals surface area contributed by atoms with Crippen LogP contribution in [0.4, 0.5) is 0 Å². The first-order valence-electron chi connectivity index (χ1n) is 6.46. The van der Waals surface area contributed by atoms with Crippen LogP contribution in [-0.2, 0) is 14.8 Å². The highest BCUT2D eigenvalue weighted by Gasteiger charge is 2.48. The smallest absolute Gasteiger partial charge is 0.322 e. The van der Waals surface area contributed by atoms with Gasteiger partial charge in [0.05, 0.1) is 5.75 Å². The van der Waals surface area contributed by atoms with E-state index in [1.54, 1.807) is 0 Å². The van der Waals surface area contributed by atoms with Gasteiger partial charge in [-0.2, -0.15) is 4.31 Å². The summed E-state index contributed by atoms with van der Waals surface area (Å²) in [4.78, 5) is 11.4. The van der Waals surface area contributed by atoms with E-state index in [0.717, 1.165) is 25.7 Å². The molecule has 1 N–H and O–H groups in total. The molecule has 18 heavy (non-hydrogen) atoms. The lowest BCUT2D eigenvalue weighted by Crippen LogP contribution is -2.56. The van der Waals surface area contributed by atoms with Crippen LogP contribution in [0.25, 0.3) is 0 Å². The standard InChI is InChI=1S/C12H21NO4S/c1-12(2)6-3-7-13(10(12)11(14)15)18(16,17)8-9-4-5-9/h9-10H,3-8H2,1-2H3,(H,14,15). The van der Waals surface area contributed by atoms with E-state index in [1.807, 2.05) is 13.8 Å². The molecule has 0 amide bonds.